The molecule has 0 radical (unpaired) electrons. The Bertz CT molecular complexity index is 2080. The van der Waals surface area contributed by atoms with Crippen LogP contribution in [0.3, 0.4) is 0 Å². The maximum absolute atomic E-state index is 14.7. The van der Waals surface area contributed by atoms with Crippen LogP contribution in [-0.2, 0) is 29.1 Å². The number of nitrogens with zero attached hydrogens (tertiary/aromatic N) is 3. The smallest absolute Gasteiger partial charge is 0.318 e. The van der Waals surface area contributed by atoms with Gasteiger partial charge in [-0.25, -0.2) is 18.2 Å². The fraction of sp³-hybridized carbons (Fsp3) is 0.634. The molecular weight excluding hydrogens is 769 g/mol. The summed E-state index contributed by atoms with van der Waals surface area (Å²) >= 11 is 0. The molecule has 4 fully saturated rings. The van der Waals surface area contributed by atoms with Crippen molar-refractivity contribution in [2.24, 2.45) is 5.92 Å². The molecule has 5 amide bonds. The molecule has 7 rings (SSSR count). The van der Waals surface area contributed by atoms with E-state index in [0.29, 0.717) is 73.5 Å². The van der Waals surface area contributed by atoms with Crippen molar-refractivity contribution >= 4 is 44.7 Å². The van der Waals surface area contributed by atoms with Crippen molar-refractivity contribution in [2.75, 3.05) is 33.9 Å². The summed E-state index contributed by atoms with van der Waals surface area (Å²) < 4.78 is 51.3. The summed E-state index contributed by atoms with van der Waals surface area (Å²) in [5.74, 6) is -0.900. The molecule has 1 aromatic carbocycles. The predicted molar refractivity (Wildman–Crippen MR) is 214 cm³/mol. The first-order valence-corrected chi connectivity index (χ1v) is 21.8. The molecule has 2 saturated carbocycles. The van der Waals surface area contributed by atoms with Crippen LogP contribution in [0, 0.1) is 12.8 Å². The SMILES string of the molecule is COc1ccc2c(O[C@@H]3C[C@H]4C(=O)N[C@]5(C(=O)NS(=O)(=O)C6(C)CC6)CC5/C=C\CCCCC[C@H](NC(=O)N5CC(OC)C5)C(=O)N4C3)cc(OC(C)C)nc2c1C. The van der Waals surface area contributed by atoms with Gasteiger partial charge in [-0.15, -0.1) is 0 Å². The average Bonchev–Trinajstić information content (AvgIpc) is 4.03. The number of nitrogens with one attached hydrogen (secondary N) is 3. The van der Waals surface area contributed by atoms with Gasteiger partial charge < -0.3 is 39.4 Å². The third-order valence-corrected chi connectivity index (χ3v) is 14.4. The van der Waals surface area contributed by atoms with Crippen molar-refractivity contribution < 1.29 is 46.5 Å². The molecule has 5 aliphatic rings. The first-order chi connectivity index (χ1) is 27.6. The Hall–Kier alpha value is -4.64. The molecule has 58 heavy (non-hydrogen) atoms. The summed E-state index contributed by atoms with van der Waals surface area (Å²) in [5, 5.41) is 6.54. The number of carbonyl (C=O) groups excluding carboxylic acids is 4. The number of sulfonamides is 1. The maximum Gasteiger partial charge on any atom is 0.318 e. The predicted octanol–water partition coefficient (Wildman–Crippen LogP) is 3.49. The number of carbonyl (C=O) groups is 4. The Labute approximate surface area is 339 Å². The Morgan fingerprint density at radius 2 is 1.79 bits per heavy atom. The summed E-state index contributed by atoms with van der Waals surface area (Å²) in [7, 11) is -0.832. The van der Waals surface area contributed by atoms with Crippen molar-refractivity contribution in [2.45, 2.75) is 126 Å². The second-order valence-electron chi connectivity index (χ2n) is 16.9. The molecule has 0 spiro atoms. The molecular formula is C41H56N6O10S. The van der Waals surface area contributed by atoms with Gasteiger partial charge in [-0.1, -0.05) is 25.0 Å². The lowest BCUT2D eigenvalue weighted by Crippen LogP contribution is -2.61. The highest BCUT2D eigenvalue weighted by Crippen LogP contribution is 2.47. The Morgan fingerprint density at radius 3 is 2.48 bits per heavy atom. The Balaban J connectivity index is 1.21. The van der Waals surface area contributed by atoms with Gasteiger partial charge in [0.15, 0.2) is 0 Å². The number of amides is 5. The minimum Gasteiger partial charge on any atom is -0.496 e. The zero-order chi connectivity index (χ0) is 41.6. The summed E-state index contributed by atoms with van der Waals surface area (Å²) in [4.78, 5) is 64.4. The van der Waals surface area contributed by atoms with E-state index in [9.17, 15) is 27.6 Å². The van der Waals surface area contributed by atoms with E-state index < -0.39 is 68.2 Å². The van der Waals surface area contributed by atoms with Gasteiger partial charge in [0.1, 0.15) is 35.2 Å². The van der Waals surface area contributed by atoms with E-state index in [4.69, 9.17) is 23.9 Å². The van der Waals surface area contributed by atoms with E-state index in [0.717, 1.165) is 18.4 Å². The molecule has 4 heterocycles. The van der Waals surface area contributed by atoms with E-state index in [2.05, 4.69) is 15.4 Å². The third-order valence-electron chi connectivity index (χ3n) is 12.2. The summed E-state index contributed by atoms with van der Waals surface area (Å²) in [6, 6.07) is 2.90. The van der Waals surface area contributed by atoms with Gasteiger partial charge in [0.2, 0.25) is 27.7 Å². The zero-order valence-electron chi connectivity index (χ0n) is 34.2. The van der Waals surface area contributed by atoms with Crippen LogP contribution in [0.2, 0.25) is 0 Å². The quantitative estimate of drug-likeness (QED) is 0.297. The lowest BCUT2D eigenvalue weighted by Gasteiger charge is -2.39. The largest absolute Gasteiger partial charge is 0.496 e. The van der Waals surface area contributed by atoms with Gasteiger partial charge >= 0.3 is 6.03 Å². The molecule has 0 bridgehead atoms. The molecule has 17 heteroatoms. The number of allylic oxidation sites excluding steroid dienone is 1. The minimum atomic E-state index is -4.00. The monoisotopic (exact) mass is 824 g/mol. The first-order valence-electron chi connectivity index (χ1n) is 20.3. The topological polar surface area (TPSA) is 195 Å². The second-order valence-corrected chi connectivity index (χ2v) is 19.1. The molecule has 1 aromatic heterocycles. The van der Waals surface area contributed by atoms with Gasteiger partial charge in [0, 0.05) is 36.5 Å². The number of urea groups is 1. The van der Waals surface area contributed by atoms with Crippen LogP contribution in [0.25, 0.3) is 10.9 Å². The second kappa shape index (κ2) is 16.2. The van der Waals surface area contributed by atoms with Crippen LogP contribution in [-0.4, -0.2) is 121 Å². The van der Waals surface area contributed by atoms with E-state index >= 15 is 0 Å². The van der Waals surface area contributed by atoms with E-state index in [1.807, 2.05) is 45.1 Å². The molecule has 3 N–H and O–H groups in total. The van der Waals surface area contributed by atoms with Gasteiger partial charge in [-0.05, 0) is 78.4 Å². The summed E-state index contributed by atoms with van der Waals surface area (Å²) in [6.07, 6.45) is 7.26. The van der Waals surface area contributed by atoms with E-state index in [-0.39, 0.29) is 31.6 Å². The standard InChI is InChI=1S/C41H56N6O10S/c1-24(2)56-34-19-33(29-14-15-32(55-6)25(3)35(29)43-34)57-27-18-31-36(48)44-41(38(50)45-58(52,53)40(4)16-17-40)20-26(41)12-10-8-7-9-11-13-30(37(49)47(31)23-27)42-39(51)46-21-28(22-46)54-5/h10,12,14-15,19,24,26-28,30-31H,7-9,11,13,16-18,20-23H2,1-6H3,(H,42,51)(H,44,48)(H,45,50)/b12-10-/t26?,27-,30+,31+,41-/m1/s1. The highest BCUT2D eigenvalue weighted by molar-refractivity contribution is 7.91. The number of hydrogen-bond donors (Lipinski definition) is 3. The maximum atomic E-state index is 14.7. The van der Waals surface area contributed by atoms with Crippen LogP contribution in [0.4, 0.5) is 4.79 Å². The minimum absolute atomic E-state index is 0.00661. The first kappa shape index (κ1) is 41.5. The summed E-state index contributed by atoms with van der Waals surface area (Å²) in [5.41, 5.74) is -0.141. The highest BCUT2D eigenvalue weighted by atomic mass is 32.2. The van der Waals surface area contributed by atoms with Crippen molar-refractivity contribution in [1.82, 2.24) is 30.1 Å². The number of hydrogen-bond acceptors (Lipinski definition) is 11. The fourth-order valence-electron chi connectivity index (χ4n) is 8.10. The lowest BCUT2D eigenvalue weighted by molar-refractivity contribution is -0.141. The third kappa shape index (κ3) is 8.29. The molecule has 316 valence electrons. The Kier molecular flexibility index (Phi) is 11.6. The number of pyridine rings is 1. The number of methoxy groups -OCH3 is 2. The van der Waals surface area contributed by atoms with Crippen LogP contribution in [0.5, 0.6) is 17.4 Å². The van der Waals surface area contributed by atoms with Gasteiger partial charge in [-0.2, -0.15) is 0 Å². The number of aromatic nitrogens is 1. The normalized spacial score (nSPS) is 27.9. The molecule has 2 aromatic rings. The molecule has 3 aliphatic heterocycles. The highest BCUT2D eigenvalue weighted by Gasteiger charge is 2.63. The van der Waals surface area contributed by atoms with Crippen molar-refractivity contribution in [1.29, 1.82) is 0 Å². The average molecular weight is 825 g/mol. The van der Waals surface area contributed by atoms with Gasteiger partial charge in [-0.3, -0.25) is 19.1 Å². The molecule has 2 saturated heterocycles. The van der Waals surface area contributed by atoms with Crippen LogP contribution in [0.1, 0.15) is 84.1 Å². The summed E-state index contributed by atoms with van der Waals surface area (Å²) in [6.45, 7) is 8.05. The van der Waals surface area contributed by atoms with Crippen LogP contribution < -0.4 is 29.6 Å². The number of aryl methyl sites for hydroxylation is 1. The van der Waals surface area contributed by atoms with Crippen molar-refractivity contribution in [3.8, 4) is 17.4 Å². The lowest BCUT2D eigenvalue weighted by atomic mass is 10.0. The number of benzene rings is 1. The van der Waals surface area contributed by atoms with Gasteiger partial charge in [0.25, 0.3) is 5.91 Å². The number of ether oxygens (including phenoxy) is 4. The van der Waals surface area contributed by atoms with Crippen LogP contribution in [0.15, 0.2) is 30.4 Å². The number of likely N-dealkylation sites (tertiary alicyclic amines) is 1. The molecule has 16 nitrogen and oxygen atoms in total. The van der Waals surface area contributed by atoms with Gasteiger partial charge in [0.05, 0.1) is 49.2 Å². The fourth-order valence-corrected chi connectivity index (χ4v) is 9.41. The number of fused-ring (bicyclic) bond motifs is 3. The van der Waals surface area contributed by atoms with Crippen molar-refractivity contribution in [3.05, 3.63) is 35.9 Å². The zero-order valence-corrected chi connectivity index (χ0v) is 35.0. The Morgan fingerprint density at radius 1 is 1.03 bits per heavy atom. The van der Waals surface area contributed by atoms with Crippen molar-refractivity contribution in [3.63, 3.8) is 0 Å². The van der Waals surface area contributed by atoms with E-state index in [1.54, 1.807) is 32.1 Å². The molecule has 1 unspecified atom stereocenters. The van der Waals surface area contributed by atoms with E-state index in [1.165, 1.54) is 4.90 Å². The molecule has 2 aliphatic carbocycles. The molecule has 5 atom stereocenters. The van der Waals surface area contributed by atoms with Crippen LogP contribution >= 0.6 is 0 Å². The number of rotatable bonds is 10.